The predicted octanol–water partition coefficient (Wildman–Crippen LogP) is 1.61. The summed E-state index contributed by atoms with van der Waals surface area (Å²) < 4.78 is 5.34. The van der Waals surface area contributed by atoms with Gasteiger partial charge in [0.2, 0.25) is 5.91 Å². The Bertz CT molecular complexity index is 399. The number of rotatable bonds is 4. The van der Waals surface area contributed by atoms with Gasteiger partial charge in [-0.25, -0.2) is 0 Å². The van der Waals surface area contributed by atoms with E-state index in [-0.39, 0.29) is 18.0 Å². The Balaban J connectivity index is 1.79. The van der Waals surface area contributed by atoms with E-state index in [9.17, 15) is 4.79 Å². The molecule has 1 aliphatic rings. The lowest BCUT2D eigenvalue weighted by Gasteiger charge is -2.24. The van der Waals surface area contributed by atoms with Crippen molar-refractivity contribution >= 4 is 17.2 Å². The Morgan fingerprint density at radius 2 is 2.50 bits per heavy atom. The van der Waals surface area contributed by atoms with Crippen molar-refractivity contribution in [2.24, 2.45) is 0 Å². The number of carbonyl (C=O) groups excluding carboxylic acids is 1. The number of thiophene rings is 1. The molecule has 1 fully saturated rings. The molecule has 0 aliphatic carbocycles. The Kier molecular flexibility index (Phi) is 4.74. The Labute approximate surface area is 112 Å². The van der Waals surface area contributed by atoms with Gasteiger partial charge in [0.1, 0.15) is 0 Å². The van der Waals surface area contributed by atoms with Crippen molar-refractivity contribution in [1.82, 2.24) is 10.6 Å². The molecule has 2 N–H and O–H groups in total. The summed E-state index contributed by atoms with van der Waals surface area (Å²) in [6, 6.07) is 4.39. The van der Waals surface area contributed by atoms with Crippen molar-refractivity contribution in [3.8, 4) is 0 Å². The lowest BCUT2D eigenvalue weighted by Crippen LogP contribution is -2.44. The maximum atomic E-state index is 11.9. The maximum absolute atomic E-state index is 11.9. The average Bonchev–Trinajstić information content (AvgIpc) is 2.77. The zero-order valence-corrected chi connectivity index (χ0v) is 11.7. The number of morpholine rings is 1. The zero-order valence-electron chi connectivity index (χ0n) is 10.9. The maximum Gasteiger partial charge on any atom is 0.222 e. The van der Waals surface area contributed by atoms with Gasteiger partial charge >= 0.3 is 0 Å². The molecule has 5 heteroatoms. The van der Waals surface area contributed by atoms with E-state index < -0.39 is 0 Å². The summed E-state index contributed by atoms with van der Waals surface area (Å²) in [5, 5.41) is 6.32. The molecule has 2 unspecified atom stereocenters. The van der Waals surface area contributed by atoms with Gasteiger partial charge < -0.3 is 15.4 Å². The highest BCUT2D eigenvalue weighted by Gasteiger charge is 2.18. The molecule has 0 radical (unpaired) electrons. The van der Waals surface area contributed by atoms with E-state index in [2.05, 4.69) is 29.7 Å². The molecule has 1 aromatic heterocycles. The minimum atomic E-state index is 0.0801. The van der Waals surface area contributed by atoms with E-state index in [1.807, 2.05) is 6.92 Å². The number of ether oxygens (including phenoxy) is 1. The summed E-state index contributed by atoms with van der Waals surface area (Å²) in [5.41, 5.74) is 0. The van der Waals surface area contributed by atoms with Crippen LogP contribution in [-0.2, 0) is 9.53 Å². The van der Waals surface area contributed by atoms with Gasteiger partial charge in [-0.1, -0.05) is 0 Å². The summed E-state index contributed by atoms with van der Waals surface area (Å²) in [5.74, 6) is 0.0801. The van der Waals surface area contributed by atoms with Crippen LogP contribution in [0.15, 0.2) is 12.1 Å². The van der Waals surface area contributed by atoms with Crippen molar-refractivity contribution in [3.63, 3.8) is 0 Å². The van der Waals surface area contributed by atoms with E-state index in [0.717, 1.165) is 13.2 Å². The van der Waals surface area contributed by atoms with E-state index >= 15 is 0 Å². The number of carbonyl (C=O) groups is 1. The third-order valence-corrected chi connectivity index (χ3v) is 4.18. The van der Waals surface area contributed by atoms with Crippen molar-refractivity contribution in [3.05, 3.63) is 21.9 Å². The molecule has 100 valence electrons. The van der Waals surface area contributed by atoms with Gasteiger partial charge in [-0.2, -0.15) is 0 Å². The number of hydrogen-bond donors (Lipinski definition) is 2. The van der Waals surface area contributed by atoms with Crippen LogP contribution in [0.3, 0.4) is 0 Å². The van der Waals surface area contributed by atoms with E-state index in [4.69, 9.17) is 4.74 Å². The van der Waals surface area contributed by atoms with E-state index in [1.54, 1.807) is 11.3 Å². The topological polar surface area (TPSA) is 50.4 Å². The molecular formula is C13H20N2O2S. The fourth-order valence-electron chi connectivity index (χ4n) is 2.03. The quantitative estimate of drug-likeness (QED) is 0.872. The number of hydrogen-bond acceptors (Lipinski definition) is 4. The third-order valence-electron chi connectivity index (χ3n) is 3.00. The van der Waals surface area contributed by atoms with Crippen molar-refractivity contribution in [1.29, 1.82) is 0 Å². The molecule has 2 heterocycles. The van der Waals surface area contributed by atoms with Crippen LogP contribution in [0.25, 0.3) is 0 Å². The highest BCUT2D eigenvalue weighted by Crippen LogP contribution is 2.22. The highest BCUT2D eigenvalue weighted by molar-refractivity contribution is 7.12. The van der Waals surface area contributed by atoms with Crippen LogP contribution >= 0.6 is 11.3 Å². The SMILES string of the molecule is Cc1ccc(C(C)NC(=O)CC2COCCN2)s1. The van der Waals surface area contributed by atoms with Crippen LogP contribution in [-0.4, -0.2) is 31.7 Å². The predicted molar refractivity (Wildman–Crippen MR) is 72.8 cm³/mol. The fourth-order valence-corrected chi connectivity index (χ4v) is 2.91. The lowest BCUT2D eigenvalue weighted by molar-refractivity contribution is -0.122. The number of amides is 1. The molecule has 1 aromatic rings. The summed E-state index contributed by atoms with van der Waals surface area (Å²) in [6.45, 7) is 6.29. The Hall–Kier alpha value is -0.910. The third kappa shape index (κ3) is 3.80. The number of nitrogens with one attached hydrogen (secondary N) is 2. The van der Waals surface area contributed by atoms with Crippen LogP contribution in [0.1, 0.15) is 29.1 Å². The van der Waals surface area contributed by atoms with Crippen molar-refractivity contribution < 1.29 is 9.53 Å². The van der Waals surface area contributed by atoms with Crippen LogP contribution < -0.4 is 10.6 Å². The normalized spacial score (nSPS) is 21.6. The summed E-state index contributed by atoms with van der Waals surface area (Å²) in [6.07, 6.45) is 0.481. The second-order valence-corrected chi connectivity index (χ2v) is 5.99. The molecule has 1 aliphatic heterocycles. The Morgan fingerprint density at radius 3 is 3.11 bits per heavy atom. The molecule has 0 aromatic carbocycles. The molecule has 2 atom stereocenters. The average molecular weight is 268 g/mol. The molecule has 1 amide bonds. The van der Waals surface area contributed by atoms with E-state index in [1.165, 1.54) is 9.75 Å². The molecule has 2 rings (SSSR count). The van der Waals surface area contributed by atoms with Crippen molar-refractivity contribution in [2.45, 2.75) is 32.4 Å². The molecule has 0 bridgehead atoms. The summed E-state index contributed by atoms with van der Waals surface area (Å²) >= 11 is 1.73. The van der Waals surface area contributed by atoms with Gasteiger partial charge in [0, 0.05) is 28.8 Å². The van der Waals surface area contributed by atoms with Gasteiger partial charge in [-0.15, -0.1) is 11.3 Å². The second kappa shape index (κ2) is 6.31. The molecule has 18 heavy (non-hydrogen) atoms. The second-order valence-electron chi connectivity index (χ2n) is 4.67. The minimum Gasteiger partial charge on any atom is -0.378 e. The smallest absolute Gasteiger partial charge is 0.222 e. The van der Waals surface area contributed by atoms with Crippen molar-refractivity contribution in [2.75, 3.05) is 19.8 Å². The van der Waals surface area contributed by atoms with Gasteiger partial charge in [-0.05, 0) is 26.0 Å². The molecule has 4 nitrogen and oxygen atoms in total. The lowest BCUT2D eigenvalue weighted by atomic mass is 10.1. The first-order valence-electron chi connectivity index (χ1n) is 6.32. The molecule has 1 saturated heterocycles. The molecule has 0 spiro atoms. The zero-order chi connectivity index (χ0) is 13.0. The van der Waals surface area contributed by atoms with Crippen LogP contribution in [0.5, 0.6) is 0 Å². The minimum absolute atomic E-state index is 0.0801. The monoisotopic (exact) mass is 268 g/mol. The summed E-state index contributed by atoms with van der Waals surface area (Å²) in [4.78, 5) is 14.4. The first-order chi connectivity index (χ1) is 8.65. The van der Waals surface area contributed by atoms with Gasteiger partial charge in [0.25, 0.3) is 0 Å². The number of aryl methyl sites for hydroxylation is 1. The first-order valence-corrected chi connectivity index (χ1v) is 7.13. The Morgan fingerprint density at radius 1 is 1.67 bits per heavy atom. The van der Waals surface area contributed by atoms with Crippen LogP contribution in [0.2, 0.25) is 0 Å². The standard InChI is InChI=1S/C13H20N2O2S/c1-9-3-4-12(18-9)10(2)15-13(16)7-11-8-17-6-5-14-11/h3-4,10-11,14H,5-8H2,1-2H3,(H,15,16). The van der Waals surface area contributed by atoms with Gasteiger partial charge in [0.15, 0.2) is 0 Å². The van der Waals surface area contributed by atoms with Crippen LogP contribution in [0.4, 0.5) is 0 Å². The summed E-state index contributed by atoms with van der Waals surface area (Å²) in [7, 11) is 0. The fraction of sp³-hybridized carbons (Fsp3) is 0.615. The highest BCUT2D eigenvalue weighted by atomic mass is 32.1. The molecular weight excluding hydrogens is 248 g/mol. The largest absolute Gasteiger partial charge is 0.378 e. The van der Waals surface area contributed by atoms with E-state index in [0.29, 0.717) is 13.0 Å². The molecule has 0 saturated carbocycles. The first kappa shape index (κ1) is 13.5. The van der Waals surface area contributed by atoms with Crippen LogP contribution in [0, 0.1) is 6.92 Å². The van der Waals surface area contributed by atoms with Gasteiger partial charge in [-0.3, -0.25) is 4.79 Å². The van der Waals surface area contributed by atoms with Gasteiger partial charge in [0.05, 0.1) is 19.3 Å².